The summed E-state index contributed by atoms with van der Waals surface area (Å²) in [7, 11) is 0. The average Bonchev–Trinajstić information content (AvgIpc) is 2.57. The van der Waals surface area contributed by atoms with Crippen molar-refractivity contribution in [3.05, 3.63) is 65.2 Å². The number of hydrogen-bond acceptors (Lipinski definition) is 4. The van der Waals surface area contributed by atoms with Crippen molar-refractivity contribution in [3.8, 4) is 5.75 Å². The van der Waals surface area contributed by atoms with Crippen molar-refractivity contribution in [1.29, 1.82) is 0 Å². The van der Waals surface area contributed by atoms with Crippen LogP contribution in [0.1, 0.15) is 23.1 Å². The lowest BCUT2D eigenvalue weighted by Crippen LogP contribution is -2.33. The molecule has 2 aromatic rings. The molecule has 1 unspecified atom stereocenters. The number of carboxylic acid groups (broad SMARTS) is 1. The van der Waals surface area contributed by atoms with E-state index in [9.17, 15) is 4.79 Å². The van der Waals surface area contributed by atoms with Gasteiger partial charge in [-0.15, -0.1) is 0 Å². The van der Waals surface area contributed by atoms with Crippen LogP contribution in [0.4, 0.5) is 0 Å². The molecule has 2 aromatic carbocycles. The Balaban J connectivity index is 1.86. The number of para-hydroxylation sites is 1. The molecule has 0 aliphatic carbocycles. The van der Waals surface area contributed by atoms with Gasteiger partial charge in [0, 0.05) is 12.1 Å². The van der Waals surface area contributed by atoms with Gasteiger partial charge in [-0.25, -0.2) is 0 Å². The Morgan fingerprint density at radius 2 is 2.04 bits per heavy atom. The standard InChI is InChI=1S/C19H24N2O3/c1-14-5-4-6-15(11-14)13-24-18-8-3-2-7-16(18)12-21-10-9-17(20)19(22)23/h2-8,11,17,21H,9-10,12-13,20H2,1H3,(H,22,23). The molecule has 0 aliphatic rings. The maximum atomic E-state index is 10.7. The van der Waals surface area contributed by atoms with Crippen molar-refractivity contribution in [2.24, 2.45) is 5.73 Å². The largest absolute Gasteiger partial charge is 0.489 e. The van der Waals surface area contributed by atoms with Crippen LogP contribution in [0, 0.1) is 6.92 Å². The summed E-state index contributed by atoms with van der Waals surface area (Å²) in [5.41, 5.74) is 8.86. The predicted molar refractivity (Wildman–Crippen MR) is 93.9 cm³/mol. The quantitative estimate of drug-likeness (QED) is 0.616. The number of rotatable bonds is 9. The molecule has 0 saturated carbocycles. The highest BCUT2D eigenvalue weighted by Crippen LogP contribution is 2.19. The fraction of sp³-hybridized carbons (Fsp3) is 0.316. The molecule has 1 atom stereocenters. The molecule has 2 rings (SSSR count). The van der Waals surface area contributed by atoms with Gasteiger partial charge in [-0.3, -0.25) is 4.79 Å². The Morgan fingerprint density at radius 1 is 1.25 bits per heavy atom. The maximum Gasteiger partial charge on any atom is 0.320 e. The third-order valence-corrected chi connectivity index (χ3v) is 3.71. The normalized spacial score (nSPS) is 11.9. The zero-order valence-electron chi connectivity index (χ0n) is 13.9. The number of aliphatic carboxylic acids is 1. The van der Waals surface area contributed by atoms with E-state index in [4.69, 9.17) is 15.6 Å². The summed E-state index contributed by atoms with van der Waals surface area (Å²) in [5, 5.41) is 12.0. The first kappa shape index (κ1) is 18.0. The van der Waals surface area contributed by atoms with Crippen LogP contribution in [-0.2, 0) is 17.9 Å². The molecule has 0 aliphatic heterocycles. The Hall–Kier alpha value is -2.37. The van der Waals surface area contributed by atoms with E-state index in [1.165, 1.54) is 5.56 Å². The summed E-state index contributed by atoms with van der Waals surface area (Å²) in [6.07, 6.45) is 0.391. The molecule has 0 radical (unpaired) electrons. The van der Waals surface area contributed by atoms with Crippen LogP contribution >= 0.6 is 0 Å². The highest BCUT2D eigenvalue weighted by atomic mass is 16.5. The molecule has 0 heterocycles. The summed E-state index contributed by atoms with van der Waals surface area (Å²) < 4.78 is 5.94. The van der Waals surface area contributed by atoms with E-state index in [1.54, 1.807) is 0 Å². The van der Waals surface area contributed by atoms with Crippen LogP contribution in [-0.4, -0.2) is 23.7 Å². The van der Waals surface area contributed by atoms with Crippen LogP contribution in [0.3, 0.4) is 0 Å². The van der Waals surface area contributed by atoms with Crippen molar-refractivity contribution < 1.29 is 14.6 Å². The fourth-order valence-corrected chi connectivity index (χ4v) is 2.36. The highest BCUT2D eigenvalue weighted by molar-refractivity contribution is 5.72. The van der Waals surface area contributed by atoms with Gasteiger partial charge in [0.15, 0.2) is 0 Å². The summed E-state index contributed by atoms with van der Waals surface area (Å²) in [5.74, 6) is -0.146. The van der Waals surface area contributed by atoms with Crippen molar-refractivity contribution >= 4 is 5.97 Å². The maximum absolute atomic E-state index is 10.7. The Labute approximate surface area is 142 Å². The van der Waals surface area contributed by atoms with Gasteiger partial charge in [-0.05, 0) is 31.5 Å². The summed E-state index contributed by atoms with van der Waals surface area (Å²) in [6.45, 7) is 3.72. The van der Waals surface area contributed by atoms with E-state index < -0.39 is 12.0 Å². The van der Waals surface area contributed by atoms with E-state index in [0.29, 0.717) is 26.1 Å². The van der Waals surface area contributed by atoms with Gasteiger partial charge in [-0.1, -0.05) is 48.0 Å². The van der Waals surface area contributed by atoms with E-state index in [1.807, 2.05) is 36.4 Å². The Kier molecular flexibility index (Phi) is 6.78. The van der Waals surface area contributed by atoms with Crippen molar-refractivity contribution in [1.82, 2.24) is 5.32 Å². The van der Waals surface area contributed by atoms with Gasteiger partial charge in [0.25, 0.3) is 0 Å². The molecule has 0 bridgehead atoms. The van der Waals surface area contributed by atoms with Crippen LogP contribution in [0.2, 0.25) is 0 Å². The molecule has 5 nitrogen and oxygen atoms in total. The van der Waals surface area contributed by atoms with Crippen molar-refractivity contribution in [2.45, 2.75) is 32.5 Å². The van der Waals surface area contributed by atoms with E-state index in [0.717, 1.165) is 16.9 Å². The van der Waals surface area contributed by atoms with Gasteiger partial charge in [0.2, 0.25) is 0 Å². The average molecular weight is 328 g/mol. The first-order valence-corrected chi connectivity index (χ1v) is 8.01. The number of nitrogens with one attached hydrogen (secondary N) is 1. The zero-order chi connectivity index (χ0) is 17.4. The van der Waals surface area contributed by atoms with Crippen LogP contribution in [0.25, 0.3) is 0 Å². The molecule has 4 N–H and O–H groups in total. The molecule has 0 amide bonds. The minimum Gasteiger partial charge on any atom is -0.489 e. The smallest absolute Gasteiger partial charge is 0.320 e. The van der Waals surface area contributed by atoms with Crippen molar-refractivity contribution in [3.63, 3.8) is 0 Å². The van der Waals surface area contributed by atoms with E-state index >= 15 is 0 Å². The first-order chi connectivity index (χ1) is 11.6. The van der Waals surface area contributed by atoms with Gasteiger partial charge in [0.1, 0.15) is 18.4 Å². The van der Waals surface area contributed by atoms with E-state index in [2.05, 4.69) is 24.4 Å². The number of ether oxygens (including phenoxy) is 1. The first-order valence-electron chi connectivity index (χ1n) is 8.01. The molecule has 128 valence electrons. The highest BCUT2D eigenvalue weighted by Gasteiger charge is 2.10. The van der Waals surface area contributed by atoms with E-state index in [-0.39, 0.29) is 0 Å². The number of carbonyl (C=O) groups is 1. The molecule has 0 fully saturated rings. The van der Waals surface area contributed by atoms with Crippen molar-refractivity contribution in [2.75, 3.05) is 6.54 Å². The number of hydrogen-bond donors (Lipinski definition) is 3. The van der Waals surface area contributed by atoms with Crippen LogP contribution in [0.15, 0.2) is 48.5 Å². The zero-order valence-corrected chi connectivity index (χ0v) is 13.9. The SMILES string of the molecule is Cc1cccc(COc2ccccc2CNCCC(N)C(=O)O)c1. The monoisotopic (exact) mass is 328 g/mol. The fourth-order valence-electron chi connectivity index (χ4n) is 2.36. The lowest BCUT2D eigenvalue weighted by atomic mass is 10.1. The van der Waals surface area contributed by atoms with Gasteiger partial charge in [-0.2, -0.15) is 0 Å². The summed E-state index contributed by atoms with van der Waals surface area (Å²) in [6, 6.07) is 15.2. The van der Waals surface area contributed by atoms with Gasteiger partial charge in [0.05, 0.1) is 0 Å². The molecule has 0 spiro atoms. The minimum absolute atomic E-state index is 0.391. The van der Waals surface area contributed by atoms with Gasteiger partial charge < -0.3 is 20.9 Å². The third-order valence-electron chi connectivity index (χ3n) is 3.71. The lowest BCUT2D eigenvalue weighted by Gasteiger charge is -2.13. The Bertz CT molecular complexity index is 673. The topological polar surface area (TPSA) is 84.6 Å². The van der Waals surface area contributed by atoms with Crippen LogP contribution in [0.5, 0.6) is 5.75 Å². The minimum atomic E-state index is -0.973. The predicted octanol–water partition coefficient (Wildman–Crippen LogP) is 2.47. The number of aryl methyl sites for hydroxylation is 1. The Morgan fingerprint density at radius 3 is 2.79 bits per heavy atom. The number of benzene rings is 2. The second-order valence-corrected chi connectivity index (χ2v) is 5.80. The number of nitrogens with two attached hydrogens (primary N) is 1. The van der Waals surface area contributed by atoms with Crippen LogP contribution < -0.4 is 15.8 Å². The van der Waals surface area contributed by atoms with Gasteiger partial charge >= 0.3 is 5.97 Å². The third kappa shape index (κ3) is 5.68. The molecular weight excluding hydrogens is 304 g/mol. The second kappa shape index (κ2) is 9.05. The molecule has 24 heavy (non-hydrogen) atoms. The lowest BCUT2D eigenvalue weighted by molar-refractivity contribution is -0.138. The second-order valence-electron chi connectivity index (χ2n) is 5.80. The summed E-state index contributed by atoms with van der Waals surface area (Å²) >= 11 is 0. The molecule has 5 heteroatoms. The molecule has 0 aromatic heterocycles. The summed E-state index contributed by atoms with van der Waals surface area (Å²) in [4.78, 5) is 10.7. The molecule has 0 saturated heterocycles. The number of carboxylic acids is 1. The molecular formula is C19H24N2O3.